The summed E-state index contributed by atoms with van der Waals surface area (Å²) in [6.45, 7) is 8.18. The minimum absolute atomic E-state index is 0.0730. The Morgan fingerprint density at radius 1 is 1.02 bits per heavy atom. The molecule has 3 aliphatic rings. The summed E-state index contributed by atoms with van der Waals surface area (Å²) in [4.78, 5) is 32.2. The lowest BCUT2D eigenvalue weighted by Gasteiger charge is -2.44. The minimum atomic E-state index is -0.529. The van der Waals surface area contributed by atoms with Gasteiger partial charge in [-0.1, -0.05) is 12.1 Å². The van der Waals surface area contributed by atoms with Crippen LogP contribution in [0.4, 0.5) is 16.3 Å². The Bertz CT molecular complexity index is 1210. The number of nitrogen functional groups attached to an aromatic ring is 1. The van der Waals surface area contributed by atoms with Gasteiger partial charge in [-0.05, 0) is 64.7 Å². The molecule has 11 nitrogen and oxygen atoms in total. The van der Waals surface area contributed by atoms with E-state index in [-0.39, 0.29) is 36.8 Å². The molecule has 2 unspecified atom stereocenters. The number of benzene rings is 1. The molecule has 3 fully saturated rings. The van der Waals surface area contributed by atoms with E-state index in [0.717, 1.165) is 24.1 Å². The number of hydrogen-bond acceptors (Lipinski definition) is 9. The number of amides is 2. The Morgan fingerprint density at radius 2 is 1.70 bits per heavy atom. The predicted octanol–water partition coefficient (Wildman–Crippen LogP) is 3.54. The van der Waals surface area contributed by atoms with E-state index in [1.165, 1.54) is 0 Å². The molecule has 0 spiro atoms. The van der Waals surface area contributed by atoms with E-state index in [1.54, 1.807) is 12.0 Å². The molecule has 0 radical (unpaired) electrons. The molecule has 216 valence electrons. The third kappa shape index (κ3) is 5.94. The fourth-order valence-electron chi connectivity index (χ4n) is 6.01. The molecule has 2 amide bonds. The maximum Gasteiger partial charge on any atom is 0.410 e. The van der Waals surface area contributed by atoms with Crippen molar-refractivity contribution in [3.05, 3.63) is 30.3 Å². The van der Waals surface area contributed by atoms with Crippen LogP contribution in [-0.2, 0) is 14.3 Å². The zero-order valence-corrected chi connectivity index (χ0v) is 23.8. The van der Waals surface area contributed by atoms with Crippen LogP contribution in [0.5, 0.6) is 5.75 Å². The Labute approximate surface area is 235 Å². The van der Waals surface area contributed by atoms with Gasteiger partial charge in [0, 0.05) is 56.9 Å². The van der Waals surface area contributed by atoms with Crippen LogP contribution in [0.15, 0.2) is 30.3 Å². The molecule has 2 bridgehead atoms. The molecule has 4 heterocycles. The number of piperazine rings is 1. The number of carbonyl (C=O) groups is 2. The molecule has 11 heteroatoms. The van der Waals surface area contributed by atoms with Gasteiger partial charge in [0.2, 0.25) is 5.91 Å². The summed E-state index contributed by atoms with van der Waals surface area (Å²) in [6, 6.07) is 9.82. The number of anilines is 2. The summed E-state index contributed by atoms with van der Waals surface area (Å²) in [5.74, 6) is 1.16. The summed E-state index contributed by atoms with van der Waals surface area (Å²) < 4.78 is 16.3. The maximum atomic E-state index is 13.7. The number of likely N-dealkylation sites (tertiary alicyclic amines) is 1. The van der Waals surface area contributed by atoms with Crippen molar-refractivity contribution in [3.63, 3.8) is 0 Å². The number of nitrogens with zero attached hydrogens (tertiary/aromatic N) is 5. The molecule has 0 saturated carbocycles. The lowest BCUT2D eigenvalue weighted by Crippen LogP contribution is -2.58. The molecule has 2 aromatic rings. The Morgan fingerprint density at radius 3 is 2.35 bits per heavy atom. The average molecular weight is 553 g/mol. The normalized spacial score (nSPS) is 21.4. The lowest BCUT2D eigenvalue weighted by molar-refractivity contribution is -0.140. The Balaban J connectivity index is 1.25. The summed E-state index contributed by atoms with van der Waals surface area (Å²) >= 11 is 0. The zero-order chi connectivity index (χ0) is 28.4. The number of hydrogen-bond donors (Lipinski definition) is 1. The van der Waals surface area contributed by atoms with Crippen LogP contribution in [0.1, 0.15) is 46.5 Å². The monoisotopic (exact) mass is 552 g/mol. The van der Waals surface area contributed by atoms with Gasteiger partial charge >= 0.3 is 6.09 Å². The number of rotatable bonds is 6. The van der Waals surface area contributed by atoms with Crippen LogP contribution in [0.25, 0.3) is 11.3 Å². The highest BCUT2D eigenvalue weighted by molar-refractivity contribution is 5.81. The average Bonchev–Trinajstić information content (AvgIpc) is 3.20. The zero-order valence-electron chi connectivity index (χ0n) is 23.8. The van der Waals surface area contributed by atoms with E-state index in [1.807, 2.05) is 51.1 Å². The summed E-state index contributed by atoms with van der Waals surface area (Å²) in [5.41, 5.74) is 8.09. The second-order valence-corrected chi connectivity index (χ2v) is 11.8. The first-order chi connectivity index (χ1) is 19.1. The Hall–Kier alpha value is -3.60. The highest BCUT2D eigenvalue weighted by Crippen LogP contribution is 2.38. The van der Waals surface area contributed by atoms with Crippen LogP contribution >= 0.6 is 0 Å². The first-order valence-corrected chi connectivity index (χ1v) is 14.0. The first kappa shape index (κ1) is 27.9. The molecule has 1 aromatic heterocycles. The molecule has 3 aliphatic heterocycles. The number of ether oxygens (including phenoxy) is 3. The number of para-hydroxylation sites is 1. The van der Waals surface area contributed by atoms with E-state index in [9.17, 15) is 9.59 Å². The molecule has 2 atom stereocenters. The number of piperidine rings is 1. The predicted molar refractivity (Wildman–Crippen MR) is 151 cm³/mol. The fourth-order valence-corrected chi connectivity index (χ4v) is 6.01. The first-order valence-electron chi connectivity index (χ1n) is 14.0. The van der Waals surface area contributed by atoms with Gasteiger partial charge in [0.05, 0.1) is 11.4 Å². The quantitative estimate of drug-likeness (QED) is 0.536. The standard InChI is InChI=1S/C29H40N6O5/c1-29(2,3)40-28(37)33-13-11-19(12-14-33)27(36)35-20-9-10-21(35)17-34(16-20)24-15-23(31-32-26(24)30)22-7-5-6-8-25(22)39-18-38-4/h5-8,15,19-21H,9-14,16-18H2,1-4H3,(H2,30,32). The van der Waals surface area contributed by atoms with Crippen LogP contribution < -0.4 is 15.4 Å². The molecular weight excluding hydrogens is 512 g/mol. The third-order valence-electron chi connectivity index (χ3n) is 7.87. The molecule has 5 rings (SSSR count). The number of carbonyl (C=O) groups excluding carboxylic acids is 2. The van der Waals surface area contributed by atoms with E-state index in [4.69, 9.17) is 19.9 Å². The SMILES string of the molecule is COCOc1ccccc1-c1cc(N2CC3CCC(C2)N3C(=O)C2CCN(C(=O)OC(C)(C)C)CC2)c(N)nn1. The van der Waals surface area contributed by atoms with Crippen molar-refractivity contribution in [1.29, 1.82) is 0 Å². The highest BCUT2D eigenvalue weighted by Gasteiger charge is 2.45. The van der Waals surface area contributed by atoms with Crippen LogP contribution in [0.3, 0.4) is 0 Å². The van der Waals surface area contributed by atoms with Crippen molar-refractivity contribution in [3.8, 4) is 17.0 Å². The summed E-state index contributed by atoms with van der Waals surface area (Å²) in [7, 11) is 1.58. The molecule has 2 N–H and O–H groups in total. The second-order valence-electron chi connectivity index (χ2n) is 11.8. The Kier molecular flexibility index (Phi) is 8.02. The number of fused-ring (bicyclic) bond motifs is 2. The van der Waals surface area contributed by atoms with E-state index in [2.05, 4.69) is 20.0 Å². The van der Waals surface area contributed by atoms with Gasteiger partial charge in [0.15, 0.2) is 12.6 Å². The lowest BCUT2D eigenvalue weighted by atomic mass is 9.94. The van der Waals surface area contributed by atoms with Crippen LogP contribution in [-0.4, -0.2) is 89.8 Å². The minimum Gasteiger partial charge on any atom is -0.467 e. The maximum absolute atomic E-state index is 13.7. The largest absolute Gasteiger partial charge is 0.467 e. The summed E-state index contributed by atoms with van der Waals surface area (Å²) in [5, 5.41) is 8.61. The van der Waals surface area contributed by atoms with Crippen molar-refractivity contribution in [2.75, 3.05) is 50.7 Å². The van der Waals surface area contributed by atoms with Crippen LogP contribution in [0.2, 0.25) is 0 Å². The molecule has 1 aromatic carbocycles. The van der Waals surface area contributed by atoms with Crippen molar-refractivity contribution in [1.82, 2.24) is 20.0 Å². The van der Waals surface area contributed by atoms with Crippen molar-refractivity contribution >= 4 is 23.5 Å². The van der Waals surface area contributed by atoms with E-state index >= 15 is 0 Å². The van der Waals surface area contributed by atoms with Crippen molar-refractivity contribution < 1.29 is 23.8 Å². The molecule has 3 saturated heterocycles. The second kappa shape index (κ2) is 11.5. The fraction of sp³-hybridized carbons (Fsp3) is 0.586. The molecular formula is C29H40N6O5. The highest BCUT2D eigenvalue weighted by atomic mass is 16.7. The number of nitrogens with two attached hydrogens (primary N) is 1. The van der Waals surface area contributed by atoms with Gasteiger partial charge in [-0.25, -0.2) is 4.79 Å². The van der Waals surface area contributed by atoms with E-state index in [0.29, 0.717) is 56.3 Å². The van der Waals surface area contributed by atoms with Gasteiger partial charge < -0.3 is 34.6 Å². The van der Waals surface area contributed by atoms with Crippen molar-refractivity contribution in [2.24, 2.45) is 5.92 Å². The van der Waals surface area contributed by atoms with Gasteiger partial charge in [-0.15, -0.1) is 10.2 Å². The third-order valence-corrected chi connectivity index (χ3v) is 7.87. The van der Waals surface area contributed by atoms with Gasteiger partial charge in [-0.3, -0.25) is 4.79 Å². The van der Waals surface area contributed by atoms with Gasteiger partial charge in [0.25, 0.3) is 0 Å². The van der Waals surface area contributed by atoms with Gasteiger partial charge in [0.1, 0.15) is 11.4 Å². The number of methoxy groups -OCH3 is 1. The number of aromatic nitrogens is 2. The van der Waals surface area contributed by atoms with E-state index < -0.39 is 5.60 Å². The molecule has 0 aliphatic carbocycles. The summed E-state index contributed by atoms with van der Waals surface area (Å²) in [6.07, 6.45) is 2.94. The topological polar surface area (TPSA) is 123 Å². The molecule has 40 heavy (non-hydrogen) atoms. The van der Waals surface area contributed by atoms with Crippen molar-refractivity contribution in [2.45, 2.75) is 64.1 Å². The smallest absolute Gasteiger partial charge is 0.410 e. The van der Waals surface area contributed by atoms with Gasteiger partial charge in [-0.2, -0.15) is 0 Å². The van der Waals surface area contributed by atoms with Crippen LogP contribution in [0, 0.1) is 5.92 Å².